The van der Waals surface area contributed by atoms with E-state index in [0.717, 1.165) is 101 Å². The molecule has 0 radical (unpaired) electrons. The van der Waals surface area contributed by atoms with Gasteiger partial charge in [-0.25, -0.2) is 4.21 Å². The van der Waals surface area contributed by atoms with Crippen LogP contribution in [0.4, 0.5) is 5.69 Å². The van der Waals surface area contributed by atoms with Crippen molar-refractivity contribution in [2.75, 3.05) is 64.1 Å². The summed E-state index contributed by atoms with van der Waals surface area (Å²) in [5, 5.41) is 0.442. The third-order valence-electron chi connectivity index (χ3n) is 14.0. The number of likely N-dealkylation sites (tertiary alicyclic amines) is 1. The number of aryl methyl sites for hydroxylation is 1. The fourth-order valence-electron chi connectivity index (χ4n) is 10.3. The Kier molecular flexibility index (Phi) is 10.2. The Bertz CT molecular complexity index is 1840. The van der Waals surface area contributed by atoms with Gasteiger partial charge in [0.15, 0.2) is 0 Å². The minimum atomic E-state index is -2.95. The number of ether oxygens (including phenoxy) is 3. The molecule has 2 aromatic rings. The van der Waals surface area contributed by atoms with E-state index in [2.05, 4.69) is 58.5 Å². The Morgan fingerprint density at radius 1 is 1.08 bits per heavy atom. The Labute approximate surface area is 322 Å². The number of benzene rings is 2. The number of nitrogens with one attached hydrogen (secondary N) is 1. The van der Waals surface area contributed by atoms with Gasteiger partial charge >= 0.3 is 0 Å². The molecular weight excluding hydrogens is 706 g/mol. The smallest absolute Gasteiger partial charge is 0.262 e. The first-order valence-corrected chi connectivity index (χ1v) is 22.2. The molecule has 1 unspecified atom stereocenters. The zero-order valence-electron chi connectivity index (χ0n) is 31.9. The fraction of sp³-hybridized carbons (Fsp3) is 0.628. The lowest BCUT2D eigenvalue weighted by Gasteiger charge is -2.54. The van der Waals surface area contributed by atoms with Gasteiger partial charge in [0, 0.05) is 52.9 Å². The normalized spacial score (nSPS) is 36.2. The van der Waals surface area contributed by atoms with E-state index in [1.54, 1.807) is 6.07 Å². The van der Waals surface area contributed by atoms with Crippen molar-refractivity contribution in [3.05, 3.63) is 70.3 Å². The number of hydrogen-bond acceptors (Lipinski definition) is 7. The van der Waals surface area contributed by atoms with Crippen molar-refractivity contribution < 1.29 is 23.2 Å². The number of anilines is 1. The van der Waals surface area contributed by atoms with E-state index in [4.69, 9.17) is 25.8 Å². The molecule has 2 spiro atoms. The van der Waals surface area contributed by atoms with E-state index < -0.39 is 15.3 Å². The molecule has 1 saturated carbocycles. The van der Waals surface area contributed by atoms with Crippen LogP contribution >= 0.6 is 11.6 Å². The summed E-state index contributed by atoms with van der Waals surface area (Å²) in [5.41, 5.74) is 3.72. The van der Waals surface area contributed by atoms with Gasteiger partial charge in [-0.15, -0.1) is 0 Å². The van der Waals surface area contributed by atoms with E-state index in [0.29, 0.717) is 36.0 Å². The van der Waals surface area contributed by atoms with Crippen LogP contribution in [0.25, 0.3) is 0 Å². The summed E-state index contributed by atoms with van der Waals surface area (Å²) in [6, 6.07) is 12.1. The number of piperidine rings is 1. The van der Waals surface area contributed by atoms with Gasteiger partial charge in [0.2, 0.25) is 0 Å². The maximum Gasteiger partial charge on any atom is 0.262 e. The first-order valence-electron chi connectivity index (χ1n) is 20.0. The summed E-state index contributed by atoms with van der Waals surface area (Å²) in [6.45, 7) is 13.8. The van der Waals surface area contributed by atoms with E-state index in [1.165, 1.54) is 24.0 Å². The molecule has 10 heteroatoms. The second kappa shape index (κ2) is 14.5. The lowest BCUT2D eigenvalue weighted by atomic mass is 9.63. The Morgan fingerprint density at radius 3 is 2.60 bits per heavy atom. The highest BCUT2D eigenvalue weighted by molar-refractivity contribution is 7.99. The fourth-order valence-corrected chi connectivity index (χ4v) is 12.0. The SMILES string of the molecule is C=S1(=O)NC(=O)c2ccc3c(c2)N(C[C@@H]2CC[C@H]2[C@@](CN2CCC4(CC2)COC4)(OCC)/C=C/C[C@H](C)[C@H]1C)C[C@@]1(CCCc2cc(Cl)ccc21)CO3. The molecule has 1 N–H and O–H groups in total. The summed E-state index contributed by atoms with van der Waals surface area (Å²) >= 11 is 6.53. The topological polar surface area (TPSA) is 80.3 Å². The molecule has 1 amide bonds. The minimum Gasteiger partial charge on any atom is -0.490 e. The number of amides is 1. The third kappa shape index (κ3) is 7.07. The largest absolute Gasteiger partial charge is 0.490 e. The second-order valence-corrected chi connectivity index (χ2v) is 20.2. The first kappa shape index (κ1) is 37.4. The van der Waals surface area contributed by atoms with E-state index in [-0.39, 0.29) is 22.5 Å². The molecule has 4 heterocycles. The van der Waals surface area contributed by atoms with Gasteiger partial charge in [-0.05, 0) is 143 Å². The van der Waals surface area contributed by atoms with Crippen LogP contribution in [0.2, 0.25) is 5.02 Å². The van der Waals surface area contributed by atoms with Crippen LogP contribution in [-0.4, -0.2) is 90.9 Å². The van der Waals surface area contributed by atoms with Crippen molar-refractivity contribution in [3.8, 4) is 5.75 Å². The van der Waals surface area contributed by atoms with Gasteiger partial charge in [-0.2, -0.15) is 0 Å². The number of carbonyl (C=O) groups excluding carboxylic acids is 1. The quantitative estimate of drug-likeness (QED) is 0.264. The van der Waals surface area contributed by atoms with Crippen LogP contribution in [0.5, 0.6) is 5.75 Å². The van der Waals surface area contributed by atoms with Crippen molar-refractivity contribution in [1.29, 1.82) is 0 Å². The van der Waals surface area contributed by atoms with Crippen molar-refractivity contribution >= 4 is 38.8 Å². The van der Waals surface area contributed by atoms with Gasteiger partial charge < -0.3 is 24.0 Å². The van der Waals surface area contributed by atoms with Crippen LogP contribution in [0.1, 0.15) is 87.2 Å². The van der Waals surface area contributed by atoms with Gasteiger partial charge in [0.1, 0.15) is 11.4 Å². The highest BCUT2D eigenvalue weighted by Gasteiger charge is 2.51. The molecule has 8 nitrogen and oxygen atoms in total. The average Bonchev–Trinajstić information content (AvgIpc) is 3.25. The minimum absolute atomic E-state index is 0.0369. The number of rotatable bonds is 4. The van der Waals surface area contributed by atoms with Gasteiger partial charge in [-0.1, -0.05) is 36.7 Å². The van der Waals surface area contributed by atoms with Crippen LogP contribution in [0.3, 0.4) is 0 Å². The highest BCUT2D eigenvalue weighted by atomic mass is 35.5. The van der Waals surface area contributed by atoms with Gasteiger partial charge in [-0.3, -0.25) is 9.52 Å². The molecule has 8 rings (SSSR count). The van der Waals surface area contributed by atoms with Crippen LogP contribution in [0, 0.1) is 23.2 Å². The van der Waals surface area contributed by atoms with Gasteiger partial charge in [0.05, 0.1) is 35.2 Å². The lowest BCUT2D eigenvalue weighted by Crippen LogP contribution is -2.59. The molecule has 0 aromatic heterocycles. The molecule has 288 valence electrons. The first-order chi connectivity index (χ1) is 25.4. The molecule has 2 aliphatic carbocycles. The Hall–Kier alpha value is -2.56. The number of halogens is 1. The molecule has 6 aliphatic rings. The molecule has 53 heavy (non-hydrogen) atoms. The maximum absolute atomic E-state index is 14.1. The van der Waals surface area contributed by atoms with Crippen LogP contribution in [-0.2, 0) is 31.0 Å². The number of allylic oxidation sites excluding steroid dienone is 1. The van der Waals surface area contributed by atoms with E-state index >= 15 is 0 Å². The van der Waals surface area contributed by atoms with Crippen molar-refractivity contribution in [1.82, 2.24) is 9.62 Å². The molecule has 2 saturated heterocycles. The van der Waals surface area contributed by atoms with Crippen molar-refractivity contribution in [3.63, 3.8) is 0 Å². The van der Waals surface area contributed by atoms with Crippen molar-refractivity contribution in [2.45, 2.75) is 88.4 Å². The molecule has 3 fully saturated rings. The highest BCUT2D eigenvalue weighted by Crippen LogP contribution is 2.50. The molecule has 2 bridgehead atoms. The van der Waals surface area contributed by atoms with Gasteiger partial charge in [0.25, 0.3) is 5.91 Å². The average molecular weight is 764 g/mol. The summed E-state index contributed by atoms with van der Waals surface area (Å²) in [6.07, 6.45) is 13.0. The molecular formula is C43H58ClN3O5S. The predicted molar refractivity (Wildman–Crippen MR) is 215 cm³/mol. The van der Waals surface area contributed by atoms with E-state index in [1.807, 2.05) is 25.1 Å². The maximum atomic E-state index is 14.1. The zero-order valence-corrected chi connectivity index (χ0v) is 33.5. The molecule has 2 aromatic carbocycles. The number of nitrogens with zero attached hydrogens (tertiary/aromatic N) is 2. The number of carbonyl (C=O) groups is 1. The third-order valence-corrected chi connectivity index (χ3v) is 16.4. The molecule has 4 aliphatic heterocycles. The Balaban J connectivity index is 1.19. The standard InChI is InChI=1S/C43H58ClN3O5S/c1-5-52-43(26-46-20-18-41(19-21-46)27-50-28-41)17-6-8-30(2)31(3)53(4,49)45-40(48)33-11-15-39-38(23-33)47(24-34-10-13-37(34)43)25-42(29-51-39)16-7-9-32-22-35(44)12-14-36(32)42/h6,11-12,14-15,17,22-23,30-31,34,37H,4-5,7-10,13,16,18-21,24-29H2,1-3H3,(H,45,48,49)/b17-6+/t30-,31+,34-,37+,42-,43+,53?/m0/s1. The summed E-state index contributed by atoms with van der Waals surface area (Å²) in [5.74, 6) is 5.26. The van der Waals surface area contributed by atoms with Crippen LogP contribution < -0.4 is 14.4 Å². The lowest BCUT2D eigenvalue weighted by molar-refractivity contribution is -0.152. The number of fused-ring (bicyclic) bond motifs is 4. The van der Waals surface area contributed by atoms with Crippen molar-refractivity contribution in [2.24, 2.45) is 23.2 Å². The summed E-state index contributed by atoms with van der Waals surface area (Å²) in [7, 11) is -2.95. The summed E-state index contributed by atoms with van der Waals surface area (Å²) < 4.78 is 36.4. The number of hydrogen-bond donors (Lipinski definition) is 1. The summed E-state index contributed by atoms with van der Waals surface area (Å²) in [4.78, 5) is 19.0. The monoisotopic (exact) mass is 763 g/mol. The van der Waals surface area contributed by atoms with Crippen LogP contribution in [0.15, 0.2) is 48.6 Å². The predicted octanol–water partition coefficient (Wildman–Crippen LogP) is 7.07. The Morgan fingerprint density at radius 2 is 1.89 bits per heavy atom. The zero-order chi connectivity index (χ0) is 37.0. The molecule has 7 atom stereocenters. The second-order valence-electron chi connectivity index (χ2n) is 17.4. The van der Waals surface area contributed by atoms with E-state index in [9.17, 15) is 9.00 Å².